The Morgan fingerprint density at radius 1 is 1.47 bits per heavy atom. The van der Waals surface area contributed by atoms with Gasteiger partial charge in [0.05, 0.1) is 0 Å². The Bertz CT molecular complexity index is 328. The summed E-state index contributed by atoms with van der Waals surface area (Å²) < 4.78 is 0. The maximum Gasteiger partial charge on any atom is 0.0312 e. The van der Waals surface area contributed by atoms with Crippen LogP contribution in [0.25, 0.3) is 0 Å². The largest absolute Gasteiger partial charge is 0.299 e. The van der Waals surface area contributed by atoms with Crippen molar-refractivity contribution in [1.82, 2.24) is 9.88 Å². The highest BCUT2D eigenvalue weighted by Crippen LogP contribution is 2.32. The third-order valence-corrected chi connectivity index (χ3v) is 4.77. The monoisotopic (exact) mass is 250 g/mol. The lowest BCUT2D eigenvalue weighted by Gasteiger charge is -2.24. The van der Waals surface area contributed by atoms with Crippen LogP contribution in [0, 0.1) is 0 Å². The topological polar surface area (TPSA) is 16.1 Å². The van der Waals surface area contributed by atoms with Crippen molar-refractivity contribution in [2.45, 2.75) is 44.0 Å². The van der Waals surface area contributed by atoms with Gasteiger partial charge in [0.15, 0.2) is 0 Å². The molecule has 0 amide bonds. The summed E-state index contributed by atoms with van der Waals surface area (Å²) >= 11 is 2.13. The molecule has 0 radical (unpaired) electrons. The molecule has 0 aromatic carbocycles. The van der Waals surface area contributed by atoms with E-state index in [0.717, 1.165) is 17.8 Å². The predicted octanol–water partition coefficient (Wildman–Crippen LogP) is 3.19. The lowest BCUT2D eigenvalue weighted by molar-refractivity contribution is 0.237. The highest BCUT2D eigenvalue weighted by molar-refractivity contribution is 7.99. The number of hydrogen-bond donors (Lipinski definition) is 0. The zero-order chi connectivity index (χ0) is 12.1. The van der Waals surface area contributed by atoms with Crippen molar-refractivity contribution in [3.05, 3.63) is 30.1 Å². The molecule has 0 N–H and O–H groups in total. The van der Waals surface area contributed by atoms with Crippen molar-refractivity contribution in [3.63, 3.8) is 0 Å². The molecule has 2 atom stereocenters. The molecular formula is C14H22N2S. The molecule has 94 valence electrons. The highest BCUT2D eigenvalue weighted by Gasteiger charge is 2.27. The molecule has 1 heterocycles. The first-order chi connectivity index (χ1) is 8.29. The quantitative estimate of drug-likeness (QED) is 0.798. The molecule has 0 spiro atoms. The molecule has 2 rings (SSSR count). The van der Waals surface area contributed by atoms with E-state index in [1.807, 2.05) is 18.5 Å². The van der Waals surface area contributed by atoms with E-state index in [1.165, 1.54) is 30.6 Å². The Morgan fingerprint density at radius 3 is 3.06 bits per heavy atom. The van der Waals surface area contributed by atoms with Crippen LogP contribution in [-0.2, 0) is 6.54 Å². The summed E-state index contributed by atoms with van der Waals surface area (Å²) in [5.74, 6) is 1.25. The Hall–Kier alpha value is -0.540. The Balaban J connectivity index is 1.83. The minimum Gasteiger partial charge on any atom is -0.299 e. The van der Waals surface area contributed by atoms with Crippen LogP contribution in [0.2, 0.25) is 0 Å². The molecule has 3 heteroatoms. The molecular weight excluding hydrogens is 228 g/mol. The third kappa shape index (κ3) is 3.71. The summed E-state index contributed by atoms with van der Waals surface area (Å²) in [6.45, 7) is 3.29. The van der Waals surface area contributed by atoms with Crippen LogP contribution in [0.15, 0.2) is 24.5 Å². The Labute approximate surface area is 109 Å². The lowest BCUT2D eigenvalue weighted by atomic mass is 10.2. The van der Waals surface area contributed by atoms with Crippen molar-refractivity contribution in [3.8, 4) is 0 Å². The van der Waals surface area contributed by atoms with Crippen molar-refractivity contribution in [2.75, 3.05) is 12.8 Å². The van der Waals surface area contributed by atoms with Gasteiger partial charge in [-0.05, 0) is 43.7 Å². The Morgan fingerprint density at radius 2 is 2.35 bits per heavy atom. The summed E-state index contributed by atoms with van der Waals surface area (Å²) in [7, 11) is 2.25. The van der Waals surface area contributed by atoms with Crippen molar-refractivity contribution >= 4 is 11.8 Å². The summed E-state index contributed by atoms with van der Waals surface area (Å²) in [6.07, 6.45) is 7.92. The molecule has 1 saturated carbocycles. The average Bonchev–Trinajstić information content (AvgIpc) is 2.79. The lowest BCUT2D eigenvalue weighted by Crippen LogP contribution is -2.29. The van der Waals surface area contributed by atoms with Crippen molar-refractivity contribution < 1.29 is 0 Å². The van der Waals surface area contributed by atoms with E-state index < -0.39 is 0 Å². The van der Waals surface area contributed by atoms with E-state index in [4.69, 9.17) is 0 Å². The van der Waals surface area contributed by atoms with Gasteiger partial charge in [0.2, 0.25) is 0 Å². The van der Waals surface area contributed by atoms with E-state index >= 15 is 0 Å². The summed E-state index contributed by atoms with van der Waals surface area (Å²) in [4.78, 5) is 6.67. The minimum absolute atomic E-state index is 0.763. The van der Waals surface area contributed by atoms with E-state index in [0.29, 0.717) is 0 Å². The summed E-state index contributed by atoms with van der Waals surface area (Å²) in [5.41, 5.74) is 1.32. The van der Waals surface area contributed by atoms with Gasteiger partial charge in [-0.15, -0.1) is 0 Å². The van der Waals surface area contributed by atoms with Gasteiger partial charge in [-0.2, -0.15) is 11.8 Å². The number of pyridine rings is 1. The first kappa shape index (κ1) is 12.9. The molecule has 0 aliphatic heterocycles. The minimum atomic E-state index is 0.763. The van der Waals surface area contributed by atoms with Gasteiger partial charge in [0, 0.05) is 30.2 Å². The third-order valence-electron chi connectivity index (χ3n) is 3.54. The average molecular weight is 250 g/mol. The van der Waals surface area contributed by atoms with E-state index in [2.05, 4.69) is 41.7 Å². The fourth-order valence-corrected chi connectivity index (χ4v) is 3.75. The standard InChI is InChI=1S/C14H22N2S/c1-3-17-14-7-6-13(9-14)16(2)11-12-5-4-8-15-10-12/h4-5,8,10,13-14H,3,6-7,9,11H2,1-2H3/t13-,14+/m0/s1. The van der Waals surface area contributed by atoms with Crippen LogP contribution in [0.5, 0.6) is 0 Å². The molecule has 0 saturated heterocycles. The van der Waals surface area contributed by atoms with E-state index in [1.54, 1.807) is 0 Å². The van der Waals surface area contributed by atoms with Crippen molar-refractivity contribution in [1.29, 1.82) is 0 Å². The Kier molecular flexibility index (Phi) is 4.86. The summed E-state index contributed by atoms with van der Waals surface area (Å²) in [5, 5.41) is 0.890. The number of aromatic nitrogens is 1. The van der Waals surface area contributed by atoms with E-state index in [-0.39, 0.29) is 0 Å². The molecule has 17 heavy (non-hydrogen) atoms. The summed E-state index contributed by atoms with van der Waals surface area (Å²) in [6, 6.07) is 4.95. The molecule has 1 aliphatic rings. The molecule has 2 nitrogen and oxygen atoms in total. The van der Waals surface area contributed by atoms with Crippen LogP contribution in [0.3, 0.4) is 0 Å². The van der Waals surface area contributed by atoms with Crippen LogP contribution in [-0.4, -0.2) is 34.0 Å². The second-order valence-electron chi connectivity index (χ2n) is 4.82. The van der Waals surface area contributed by atoms with Crippen molar-refractivity contribution in [2.24, 2.45) is 0 Å². The van der Waals surface area contributed by atoms with Gasteiger partial charge >= 0.3 is 0 Å². The fourth-order valence-electron chi connectivity index (χ4n) is 2.61. The molecule has 1 aliphatic carbocycles. The van der Waals surface area contributed by atoms with Crippen LogP contribution < -0.4 is 0 Å². The second kappa shape index (κ2) is 6.41. The normalized spacial score (nSPS) is 24.4. The fraction of sp³-hybridized carbons (Fsp3) is 0.643. The first-order valence-corrected chi connectivity index (χ1v) is 7.55. The first-order valence-electron chi connectivity index (χ1n) is 6.50. The highest BCUT2D eigenvalue weighted by atomic mass is 32.2. The molecule has 1 fully saturated rings. The number of rotatable bonds is 5. The maximum absolute atomic E-state index is 4.18. The zero-order valence-electron chi connectivity index (χ0n) is 10.8. The second-order valence-corrected chi connectivity index (χ2v) is 6.40. The molecule has 0 unspecified atom stereocenters. The molecule has 1 aromatic heterocycles. The van der Waals surface area contributed by atoms with Crippen LogP contribution in [0.1, 0.15) is 31.7 Å². The van der Waals surface area contributed by atoms with Crippen LogP contribution >= 0.6 is 11.8 Å². The number of thioether (sulfide) groups is 1. The van der Waals surface area contributed by atoms with Gasteiger partial charge in [-0.25, -0.2) is 0 Å². The van der Waals surface area contributed by atoms with Gasteiger partial charge < -0.3 is 0 Å². The van der Waals surface area contributed by atoms with Gasteiger partial charge in [0.25, 0.3) is 0 Å². The van der Waals surface area contributed by atoms with Gasteiger partial charge in [-0.1, -0.05) is 13.0 Å². The van der Waals surface area contributed by atoms with Crippen LogP contribution in [0.4, 0.5) is 0 Å². The molecule has 1 aromatic rings. The predicted molar refractivity (Wildman–Crippen MR) is 75.3 cm³/mol. The van der Waals surface area contributed by atoms with Gasteiger partial charge in [-0.3, -0.25) is 9.88 Å². The van der Waals surface area contributed by atoms with E-state index in [9.17, 15) is 0 Å². The smallest absolute Gasteiger partial charge is 0.0312 e. The maximum atomic E-state index is 4.18. The molecule has 0 bridgehead atoms. The SMILES string of the molecule is CCS[C@@H]1CC[C@H](N(C)Cc2cccnc2)C1. The zero-order valence-corrected chi connectivity index (χ0v) is 11.6. The number of nitrogens with zero attached hydrogens (tertiary/aromatic N) is 2. The number of hydrogen-bond acceptors (Lipinski definition) is 3. The van der Waals surface area contributed by atoms with Gasteiger partial charge in [0.1, 0.15) is 0 Å².